The van der Waals surface area contributed by atoms with Crippen molar-refractivity contribution >= 4 is 0 Å². The van der Waals surface area contributed by atoms with E-state index in [-0.39, 0.29) is 6.04 Å². The lowest BCUT2D eigenvalue weighted by Gasteiger charge is -2.39. The third-order valence-electron chi connectivity index (χ3n) is 4.55. The van der Waals surface area contributed by atoms with Crippen LogP contribution in [0.4, 0.5) is 0 Å². The molecule has 2 rings (SSSR count). The highest BCUT2D eigenvalue weighted by Crippen LogP contribution is 2.33. The Kier molecular flexibility index (Phi) is 6.47. The first-order valence-corrected chi connectivity index (χ1v) is 8.61. The summed E-state index contributed by atoms with van der Waals surface area (Å²) in [6, 6.07) is 8.48. The Morgan fingerprint density at radius 1 is 1.29 bits per heavy atom. The molecular weight excluding hydrogens is 302 g/mol. The molecule has 1 aliphatic rings. The van der Waals surface area contributed by atoms with Gasteiger partial charge in [0.15, 0.2) is 11.5 Å². The molecule has 2 atom stereocenters. The fourth-order valence-corrected chi connectivity index (χ4v) is 2.91. The Hall–Kier alpha value is -1.77. The molecule has 0 bridgehead atoms. The van der Waals surface area contributed by atoms with Crippen molar-refractivity contribution in [2.45, 2.75) is 32.9 Å². The number of nitrogens with zero attached hydrogens (tertiary/aromatic N) is 3. The van der Waals surface area contributed by atoms with Crippen LogP contribution in [-0.4, -0.2) is 56.2 Å². The number of piperazine rings is 1. The molecule has 1 aromatic carbocycles. The van der Waals surface area contributed by atoms with Crippen molar-refractivity contribution in [1.29, 1.82) is 5.26 Å². The molecule has 2 unspecified atom stereocenters. The van der Waals surface area contributed by atoms with E-state index in [2.05, 4.69) is 43.7 Å². The van der Waals surface area contributed by atoms with Crippen LogP contribution in [0.1, 0.15) is 32.4 Å². The van der Waals surface area contributed by atoms with Gasteiger partial charge < -0.3 is 14.4 Å². The third-order valence-corrected chi connectivity index (χ3v) is 4.55. The summed E-state index contributed by atoms with van der Waals surface area (Å²) < 4.78 is 11.3. The van der Waals surface area contributed by atoms with Gasteiger partial charge in [0.1, 0.15) is 6.04 Å². The van der Waals surface area contributed by atoms with Crippen LogP contribution in [0.15, 0.2) is 18.2 Å². The van der Waals surface area contributed by atoms with Crippen molar-refractivity contribution in [3.8, 4) is 17.6 Å². The SMILES string of the molecule is COc1cc(C(C#N)N2CCN(C)C(C)C2)ccc1OCC(C)C. The van der Waals surface area contributed by atoms with Crippen LogP contribution >= 0.6 is 0 Å². The summed E-state index contributed by atoms with van der Waals surface area (Å²) >= 11 is 0. The highest BCUT2D eigenvalue weighted by Gasteiger charge is 2.28. The molecule has 24 heavy (non-hydrogen) atoms. The maximum atomic E-state index is 9.72. The van der Waals surface area contributed by atoms with Gasteiger partial charge in [-0.1, -0.05) is 19.9 Å². The van der Waals surface area contributed by atoms with E-state index in [1.807, 2.05) is 18.2 Å². The van der Waals surface area contributed by atoms with Crippen LogP contribution in [0, 0.1) is 17.2 Å². The Labute approximate surface area is 145 Å². The number of likely N-dealkylation sites (N-methyl/N-ethyl adjacent to an activating group) is 1. The zero-order valence-electron chi connectivity index (χ0n) is 15.5. The minimum absolute atomic E-state index is 0.255. The van der Waals surface area contributed by atoms with Gasteiger partial charge in [0.2, 0.25) is 0 Å². The summed E-state index contributed by atoms with van der Waals surface area (Å²) in [5, 5.41) is 9.72. The van der Waals surface area contributed by atoms with Gasteiger partial charge in [-0.15, -0.1) is 0 Å². The molecular formula is C19H29N3O2. The van der Waals surface area contributed by atoms with E-state index in [1.165, 1.54) is 0 Å². The summed E-state index contributed by atoms with van der Waals surface area (Å²) in [6.45, 7) is 9.83. The number of nitriles is 1. The third kappa shape index (κ3) is 4.40. The average Bonchev–Trinajstić information content (AvgIpc) is 2.57. The quantitative estimate of drug-likeness (QED) is 0.802. The summed E-state index contributed by atoms with van der Waals surface area (Å²) in [7, 11) is 3.77. The number of hydrogen-bond donors (Lipinski definition) is 0. The molecule has 0 radical (unpaired) electrons. The van der Waals surface area contributed by atoms with Crippen LogP contribution in [-0.2, 0) is 0 Å². The van der Waals surface area contributed by atoms with Crippen molar-refractivity contribution in [2.75, 3.05) is 40.4 Å². The predicted molar refractivity (Wildman–Crippen MR) is 95.3 cm³/mol. The van der Waals surface area contributed by atoms with Gasteiger partial charge in [-0.3, -0.25) is 4.90 Å². The fraction of sp³-hybridized carbons (Fsp3) is 0.632. The summed E-state index contributed by atoms with van der Waals surface area (Å²) in [5.74, 6) is 1.88. The Bertz CT molecular complexity index is 582. The van der Waals surface area contributed by atoms with E-state index >= 15 is 0 Å². The van der Waals surface area contributed by atoms with Crippen LogP contribution < -0.4 is 9.47 Å². The molecule has 1 aliphatic heterocycles. The van der Waals surface area contributed by atoms with Crippen molar-refractivity contribution in [3.63, 3.8) is 0 Å². The number of rotatable bonds is 6. The van der Waals surface area contributed by atoms with Crippen molar-refractivity contribution < 1.29 is 9.47 Å². The van der Waals surface area contributed by atoms with Crippen molar-refractivity contribution in [1.82, 2.24) is 9.80 Å². The largest absolute Gasteiger partial charge is 0.493 e. The van der Waals surface area contributed by atoms with Crippen molar-refractivity contribution in [2.24, 2.45) is 5.92 Å². The summed E-state index contributed by atoms with van der Waals surface area (Å²) in [5.41, 5.74) is 0.961. The normalized spacial score (nSPS) is 20.6. The van der Waals surface area contributed by atoms with Gasteiger partial charge in [-0.25, -0.2) is 0 Å². The molecule has 0 spiro atoms. The van der Waals surface area contributed by atoms with E-state index in [0.717, 1.165) is 30.9 Å². The molecule has 5 heteroatoms. The second kappa shape index (κ2) is 8.36. The van der Waals surface area contributed by atoms with Gasteiger partial charge in [-0.05, 0) is 37.6 Å². The maximum Gasteiger partial charge on any atom is 0.161 e. The van der Waals surface area contributed by atoms with Gasteiger partial charge in [-0.2, -0.15) is 5.26 Å². The van der Waals surface area contributed by atoms with Crippen LogP contribution in [0.2, 0.25) is 0 Å². The van der Waals surface area contributed by atoms with E-state index in [4.69, 9.17) is 9.47 Å². The number of benzene rings is 1. The Morgan fingerprint density at radius 2 is 2.04 bits per heavy atom. The monoisotopic (exact) mass is 331 g/mol. The molecule has 5 nitrogen and oxygen atoms in total. The van der Waals surface area contributed by atoms with E-state index in [0.29, 0.717) is 24.3 Å². The average molecular weight is 331 g/mol. The lowest BCUT2D eigenvalue weighted by atomic mass is 10.0. The van der Waals surface area contributed by atoms with Crippen LogP contribution in [0.3, 0.4) is 0 Å². The van der Waals surface area contributed by atoms with Crippen molar-refractivity contribution in [3.05, 3.63) is 23.8 Å². The molecule has 0 aliphatic carbocycles. The number of ether oxygens (including phenoxy) is 2. The fourth-order valence-electron chi connectivity index (χ4n) is 2.91. The standard InChI is InChI=1S/C19H29N3O2/c1-14(2)13-24-18-7-6-16(10-19(18)23-5)17(11-20)22-9-8-21(4)15(3)12-22/h6-7,10,14-15,17H,8-9,12-13H2,1-5H3. The highest BCUT2D eigenvalue weighted by molar-refractivity contribution is 5.45. The summed E-state index contributed by atoms with van der Waals surface area (Å²) in [4.78, 5) is 4.57. The molecule has 132 valence electrons. The lowest BCUT2D eigenvalue weighted by Crippen LogP contribution is -2.50. The topological polar surface area (TPSA) is 48.7 Å². The molecule has 1 fully saturated rings. The van der Waals surface area contributed by atoms with Crippen LogP contribution in [0.5, 0.6) is 11.5 Å². The first kappa shape index (κ1) is 18.6. The zero-order chi connectivity index (χ0) is 17.7. The molecule has 0 saturated carbocycles. The van der Waals surface area contributed by atoms with E-state index in [9.17, 15) is 5.26 Å². The smallest absolute Gasteiger partial charge is 0.161 e. The zero-order valence-corrected chi connectivity index (χ0v) is 15.5. The molecule has 1 heterocycles. The summed E-state index contributed by atoms with van der Waals surface area (Å²) in [6.07, 6.45) is 0. The highest BCUT2D eigenvalue weighted by atomic mass is 16.5. The first-order valence-electron chi connectivity index (χ1n) is 8.61. The van der Waals surface area contributed by atoms with E-state index in [1.54, 1.807) is 7.11 Å². The van der Waals surface area contributed by atoms with Gasteiger partial charge in [0.25, 0.3) is 0 Å². The van der Waals surface area contributed by atoms with Crippen LogP contribution in [0.25, 0.3) is 0 Å². The first-order chi connectivity index (χ1) is 11.5. The van der Waals surface area contributed by atoms with Gasteiger partial charge >= 0.3 is 0 Å². The predicted octanol–water partition coefficient (Wildman–Crippen LogP) is 2.93. The second-order valence-corrected chi connectivity index (χ2v) is 6.97. The second-order valence-electron chi connectivity index (χ2n) is 6.97. The molecule has 0 aromatic heterocycles. The van der Waals surface area contributed by atoms with E-state index < -0.39 is 0 Å². The Balaban J connectivity index is 2.18. The molecule has 0 N–H and O–H groups in total. The van der Waals surface area contributed by atoms with Gasteiger partial charge in [0, 0.05) is 25.7 Å². The number of methoxy groups -OCH3 is 1. The minimum Gasteiger partial charge on any atom is -0.493 e. The lowest BCUT2D eigenvalue weighted by molar-refractivity contribution is 0.0880. The molecule has 0 amide bonds. The molecule has 1 aromatic rings. The minimum atomic E-state index is -0.255. The maximum absolute atomic E-state index is 9.72. The van der Waals surface area contributed by atoms with Gasteiger partial charge in [0.05, 0.1) is 19.8 Å². The Morgan fingerprint density at radius 3 is 2.62 bits per heavy atom. The molecule has 1 saturated heterocycles. The number of hydrogen-bond acceptors (Lipinski definition) is 5.